The van der Waals surface area contributed by atoms with Gasteiger partial charge in [0.2, 0.25) is 0 Å². The smallest absolute Gasteiger partial charge is 0.136 e. The van der Waals surface area contributed by atoms with E-state index < -0.39 is 0 Å². The second-order valence-electron chi connectivity index (χ2n) is 4.11. The third-order valence-corrected chi connectivity index (χ3v) is 2.58. The normalized spacial score (nSPS) is 10.4. The molecule has 0 aliphatic heterocycles. The number of hydrogen-bond donors (Lipinski definition) is 0. The summed E-state index contributed by atoms with van der Waals surface area (Å²) in [5.41, 5.74) is 1.14. The lowest BCUT2D eigenvalue weighted by Crippen LogP contribution is -2.04. The van der Waals surface area contributed by atoms with Gasteiger partial charge in [-0.2, -0.15) is 0 Å². The third kappa shape index (κ3) is 4.30. The molecule has 2 rings (SSSR count). The minimum Gasteiger partial charge on any atom is -0.491 e. The highest BCUT2D eigenvalue weighted by molar-refractivity contribution is 5.28. The number of hydrogen-bond acceptors (Lipinski definition) is 5. The zero-order valence-corrected chi connectivity index (χ0v) is 11.2. The molecule has 0 saturated heterocycles. The van der Waals surface area contributed by atoms with Crippen LogP contribution in [0.5, 0.6) is 5.75 Å². The Labute approximate surface area is 112 Å². The van der Waals surface area contributed by atoms with Crippen molar-refractivity contribution in [1.82, 2.24) is 15.0 Å². The van der Waals surface area contributed by atoms with Crippen LogP contribution in [-0.4, -0.2) is 35.3 Å². The van der Waals surface area contributed by atoms with E-state index in [0.29, 0.717) is 19.6 Å². The van der Waals surface area contributed by atoms with Crippen molar-refractivity contribution in [3.8, 4) is 5.75 Å². The first-order valence-electron chi connectivity index (χ1n) is 6.13. The average Bonchev–Trinajstić information content (AvgIpc) is 2.41. The maximum atomic E-state index is 5.50. The van der Waals surface area contributed by atoms with Gasteiger partial charge in [0.1, 0.15) is 30.3 Å². The summed E-state index contributed by atoms with van der Waals surface area (Å²) in [4.78, 5) is 12.4. The molecule has 5 nitrogen and oxygen atoms in total. The molecule has 0 spiro atoms. The van der Waals surface area contributed by atoms with Gasteiger partial charge in [0.25, 0.3) is 0 Å². The Balaban J connectivity index is 1.95. The van der Waals surface area contributed by atoms with Gasteiger partial charge in [-0.1, -0.05) is 12.1 Å². The summed E-state index contributed by atoms with van der Waals surface area (Å²) in [6.07, 6.45) is 2.24. The fourth-order valence-electron chi connectivity index (χ4n) is 1.64. The number of benzene rings is 1. The summed E-state index contributed by atoms with van der Waals surface area (Å²) in [7, 11) is 1.66. The molecule has 100 valence electrons. The fraction of sp³-hybridized carbons (Fsp3) is 0.357. The second-order valence-corrected chi connectivity index (χ2v) is 4.11. The van der Waals surface area contributed by atoms with Crippen LogP contribution in [0.4, 0.5) is 0 Å². The molecule has 0 aliphatic carbocycles. The molecule has 0 atom stereocenters. The Morgan fingerprint density at radius 1 is 1.05 bits per heavy atom. The molecule has 19 heavy (non-hydrogen) atoms. The van der Waals surface area contributed by atoms with E-state index >= 15 is 0 Å². The van der Waals surface area contributed by atoms with E-state index in [0.717, 1.165) is 23.0 Å². The standard InChI is InChI=1S/C14H17N3O2/c1-11-15-10-16-14(17-11)9-12-3-5-13(6-4-12)19-8-7-18-2/h3-6,10H,7-9H2,1-2H3. The van der Waals surface area contributed by atoms with Crippen molar-refractivity contribution >= 4 is 0 Å². The van der Waals surface area contributed by atoms with E-state index in [4.69, 9.17) is 9.47 Å². The summed E-state index contributed by atoms with van der Waals surface area (Å²) in [5.74, 6) is 2.36. The quantitative estimate of drug-likeness (QED) is 0.740. The first-order chi connectivity index (χ1) is 9.28. The van der Waals surface area contributed by atoms with Crippen LogP contribution in [0.3, 0.4) is 0 Å². The lowest BCUT2D eigenvalue weighted by atomic mass is 10.1. The number of nitrogens with zero attached hydrogens (tertiary/aromatic N) is 3. The molecule has 1 heterocycles. The minimum absolute atomic E-state index is 0.558. The lowest BCUT2D eigenvalue weighted by molar-refractivity contribution is 0.146. The molecule has 2 aromatic rings. The first-order valence-corrected chi connectivity index (χ1v) is 6.13. The molecule has 0 fully saturated rings. The minimum atomic E-state index is 0.558. The maximum absolute atomic E-state index is 5.50. The number of ether oxygens (including phenoxy) is 2. The van der Waals surface area contributed by atoms with Crippen LogP contribution in [-0.2, 0) is 11.2 Å². The molecule has 0 aliphatic rings. The van der Waals surface area contributed by atoms with Crippen LogP contribution >= 0.6 is 0 Å². The molecule has 0 amide bonds. The fourth-order valence-corrected chi connectivity index (χ4v) is 1.64. The molecule has 0 radical (unpaired) electrons. The van der Waals surface area contributed by atoms with E-state index in [1.807, 2.05) is 31.2 Å². The summed E-state index contributed by atoms with van der Waals surface area (Å²) in [6, 6.07) is 7.92. The molecule has 0 unspecified atom stereocenters. The Morgan fingerprint density at radius 3 is 2.53 bits per heavy atom. The van der Waals surface area contributed by atoms with Gasteiger partial charge in [-0.15, -0.1) is 0 Å². The molecule has 0 bridgehead atoms. The second kappa shape index (κ2) is 6.80. The number of methoxy groups -OCH3 is 1. The highest BCUT2D eigenvalue weighted by Crippen LogP contribution is 2.13. The molecular formula is C14H17N3O2. The average molecular weight is 259 g/mol. The Morgan fingerprint density at radius 2 is 1.84 bits per heavy atom. The summed E-state index contributed by atoms with van der Waals surface area (Å²) >= 11 is 0. The molecular weight excluding hydrogens is 242 g/mol. The third-order valence-electron chi connectivity index (χ3n) is 2.58. The highest BCUT2D eigenvalue weighted by Gasteiger charge is 2.01. The van der Waals surface area contributed by atoms with Crippen LogP contribution in [0.25, 0.3) is 0 Å². The van der Waals surface area contributed by atoms with Gasteiger partial charge < -0.3 is 9.47 Å². The predicted molar refractivity (Wildman–Crippen MR) is 71.2 cm³/mol. The van der Waals surface area contributed by atoms with E-state index in [9.17, 15) is 0 Å². The molecule has 0 N–H and O–H groups in total. The van der Waals surface area contributed by atoms with Gasteiger partial charge in [-0.25, -0.2) is 15.0 Å². The Hall–Kier alpha value is -2.01. The van der Waals surface area contributed by atoms with Gasteiger partial charge in [0.15, 0.2) is 0 Å². The summed E-state index contributed by atoms with van der Waals surface area (Å²) in [6.45, 7) is 3.01. The SMILES string of the molecule is COCCOc1ccc(Cc2ncnc(C)n2)cc1. The Bertz CT molecular complexity index is 514. The maximum Gasteiger partial charge on any atom is 0.136 e. The molecule has 0 saturated carbocycles. The van der Waals surface area contributed by atoms with Crippen molar-refractivity contribution in [3.63, 3.8) is 0 Å². The van der Waals surface area contributed by atoms with Crippen molar-refractivity contribution in [1.29, 1.82) is 0 Å². The number of aromatic nitrogens is 3. The first kappa shape index (κ1) is 13.4. The van der Waals surface area contributed by atoms with Crippen molar-refractivity contribution in [3.05, 3.63) is 47.8 Å². The summed E-state index contributed by atoms with van der Waals surface area (Å²) < 4.78 is 10.4. The lowest BCUT2D eigenvalue weighted by Gasteiger charge is -2.06. The van der Waals surface area contributed by atoms with Crippen LogP contribution in [0.1, 0.15) is 17.2 Å². The zero-order chi connectivity index (χ0) is 13.5. The Kier molecular flexibility index (Phi) is 4.80. The zero-order valence-electron chi connectivity index (χ0n) is 11.2. The number of aryl methyl sites for hydroxylation is 1. The van der Waals surface area contributed by atoms with Crippen molar-refractivity contribution in [2.45, 2.75) is 13.3 Å². The van der Waals surface area contributed by atoms with Crippen LogP contribution in [0, 0.1) is 6.92 Å². The summed E-state index contributed by atoms with van der Waals surface area (Å²) in [5, 5.41) is 0. The monoisotopic (exact) mass is 259 g/mol. The highest BCUT2D eigenvalue weighted by atomic mass is 16.5. The number of rotatable bonds is 6. The van der Waals surface area contributed by atoms with E-state index in [-0.39, 0.29) is 0 Å². The van der Waals surface area contributed by atoms with Crippen molar-refractivity contribution in [2.75, 3.05) is 20.3 Å². The van der Waals surface area contributed by atoms with Crippen molar-refractivity contribution < 1.29 is 9.47 Å². The van der Waals surface area contributed by atoms with Crippen molar-refractivity contribution in [2.24, 2.45) is 0 Å². The van der Waals surface area contributed by atoms with Crippen LogP contribution < -0.4 is 4.74 Å². The van der Waals surface area contributed by atoms with Gasteiger partial charge in [-0.05, 0) is 24.6 Å². The van der Waals surface area contributed by atoms with Gasteiger partial charge >= 0.3 is 0 Å². The van der Waals surface area contributed by atoms with E-state index in [1.165, 1.54) is 0 Å². The van der Waals surface area contributed by atoms with Gasteiger partial charge in [-0.3, -0.25) is 0 Å². The van der Waals surface area contributed by atoms with Gasteiger partial charge in [0, 0.05) is 13.5 Å². The molecule has 5 heteroatoms. The van der Waals surface area contributed by atoms with E-state index in [2.05, 4.69) is 15.0 Å². The molecule has 1 aromatic heterocycles. The van der Waals surface area contributed by atoms with E-state index in [1.54, 1.807) is 13.4 Å². The topological polar surface area (TPSA) is 57.1 Å². The van der Waals surface area contributed by atoms with Crippen LogP contribution in [0.15, 0.2) is 30.6 Å². The van der Waals surface area contributed by atoms with Crippen LogP contribution in [0.2, 0.25) is 0 Å². The largest absolute Gasteiger partial charge is 0.491 e. The van der Waals surface area contributed by atoms with Gasteiger partial charge in [0.05, 0.1) is 6.61 Å². The predicted octanol–water partition coefficient (Wildman–Crippen LogP) is 1.80. The molecule has 1 aromatic carbocycles.